The Labute approximate surface area is 108 Å². The van der Waals surface area contributed by atoms with Crippen LogP contribution in [0.5, 0.6) is 0 Å². The number of hydrogen-bond donors (Lipinski definition) is 3. The molecule has 0 aliphatic heterocycles. The van der Waals surface area contributed by atoms with Crippen molar-refractivity contribution in [3.8, 4) is 0 Å². The van der Waals surface area contributed by atoms with Crippen LogP contribution in [0.2, 0.25) is 5.02 Å². The molecule has 3 nitrogen and oxygen atoms in total. The van der Waals surface area contributed by atoms with E-state index in [0.29, 0.717) is 23.2 Å². The maximum atomic E-state index is 9.99. The first-order valence-corrected chi connectivity index (χ1v) is 6.43. The quantitative estimate of drug-likeness (QED) is 0.686. The molecule has 4 N–H and O–H groups in total. The Morgan fingerprint density at radius 1 is 1.35 bits per heavy atom. The van der Waals surface area contributed by atoms with E-state index in [1.165, 1.54) is 0 Å². The molecule has 4 heteroatoms. The summed E-state index contributed by atoms with van der Waals surface area (Å²) in [5, 5.41) is 13.8. The van der Waals surface area contributed by atoms with Gasteiger partial charge in [0.2, 0.25) is 0 Å². The van der Waals surface area contributed by atoms with Gasteiger partial charge in [0.05, 0.1) is 17.5 Å². The Bertz CT molecular complexity index is 353. The number of rotatable bonds is 6. The first-order valence-electron chi connectivity index (χ1n) is 6.05. The maximum absolute atomic E-state index is 9.99. The van der Waals surface area contributed by atoms with E-state index in [0.717, 1.165) is 18.5 Å². The molecule has 0 aliphatic carbocycles. The minimum absolute atomic E-state index is 0.322. The number of benzene rings is 1. The monoisotopic (exact) mass is 256 g/mol. The summed E-state index contributed by atoms with van der Waals surface area (Å²) in [6.45, 7) is 4.67. The summed E-state index contributed by atoms with van der Waals surface area (Å²) in [6.07, 6.45) is 1.60. The molecule has 0 aliphatic rings. The number of nitrogens with one attached hydrogen (secondary N) is 1. The van der Waals surface area contributed by atoms with Gasteiger partial charge in [-0.3, -0.25) is 0 Å². The van der Waals surface area contributed by atoms with E-state index >= 15 is 0 Å². The maximum Gasteiger partial charge on any atom is 0.0740 e. The summed E-state index contributed by atoms with van der Waals surface area (Å²) in [4.78, 5) is 0. The van der Waals surface area contributed by atoms with Crippen molar-refractivity contribution in [2.75, 3.05) is 17.6 Å². The molecule has 96 valence electrons. The second-order valence-electron chi connectivity index (χ2n) is 4.26. The highest BCUT2D eigenvalue weighted by atomic mass is 35.5. The lowest BCUT2D eigenvalue weighted by Gasteiger charge is -2.21. The third kappa shape index (κ3) is 4.10. The van der Waals surface area contributed by atoms with Crippen molar-refractivity contribution in [3.05, 3.63) is 23.2 Å². The van der Waals surface area contributed by atoms with Gasteiger partial charge in [-0.05, 0) is 24.1 Å². The van der Waals surface area contributed by atoms with Crippen LogP contribution in [0.1, 0.15) is 26.7 Å². The normalized spacial score (nSPS) is 12.8. The van der Waals surface area contributed by atoms with Crippen LogP contribution in [0.25, 0.3) is 0 Å². The van der Waals surface area contributed by atoms with Crippen molar-refractivity contribution in [1.29, 1.82) is 0 Å². The summed E-state index contributed by atoms with van der Waals surface area (Å²) < 4.78 is 0. The number of aliphatic hydroxyl groups is 1. The van der Waals surface area contributed by atoms with E-state index in [9.17, 15) is 5.11 Å². The van der Waals surface area contributed by atoms with Gasteiger partial charge in [-0.15, -0.1) is 0 Å². The van der Waals surface area contributed by atoms with E-state index in [2.05, 4.69) is 19.2 Å². The minimum Gasteiger partial charge on any atom is -0.397 e. The van der Waals surface area contributed by atoms with Crippen molar-refractivity contribution < 1.29 is 5.11 Å². The standard InChI is InChI=1S/C13H21ClN2O/c1-3-9(4-2)13(17)8-16-12-7-10(14)5-6-11(12)15/h5-7,9,13,16-17H,3-4,8,15H2,1-2H3. The zero-order valence-electron chi connectivity index (χ0n) is 10.4. The van der Waals surface area contributed by atoms with E-state index < -0.39 is 0 Å². The molecule has 1 aromatic rings. The highest BCUT2D eigenvalue weighted by Crippen LogP contribution is 2.23. The topological polar surface area (TPSA) is 58.3 Å². The van der Waals surface area contributed by atoms with Crippen molar-refractivity contribution >= 4 is 23.0 Å². The van der Waals surface area contributed by atoms with Gasteiger partial charge in [0, 0.05) is 11.6 Å². The number of hydrogen-bond acceptors (Lipinski definition) is 3. The molecule has 0 heterocycles. The summed E-state index contributed by atoms with van der Waals surface area (Å²) in [6, 6.07) is 5.28. The second-order valence-corrected chi connectivity index (χ2v) is 4.69. The van der Waals surface area contributed by atoms with Crippen LogP contribution < -0.4 is 11.1 Å². The molecule has 0 aromatic heterocycles. The molecular formula is C13H21ClN2O. The fraction of sp³-hybridized carbons (Fsp3) is 0.538. The molecule has 0 bridgehead atoms. The molecule has 1 rings (SSSR count). The molecule has 0 spiro atoms. The lowest BCUT2D eigenvalue weighted by atomic mass is 9.96. The van der Waals surface area contributed by atoms with Crippen LogP contribution in [0, 0.1) is 5.92 Å². The molecule has 1 atom stereocenters. The summed E-state index contributed by atoms with van der Waals surface area (Å²) in [5.74, 6) is 0.322. The summed E-state index contributed by atoms with van der Waals surface area (Å²) in [5.41, 5.74) is 7.24. The van der Waals surface area contributed by atoms with Crippen LogP contribution >= 0.6 is 11.6 Å². The highest BCUT2D eigenvalue weighted by molar-refractivity contribution is 6.31. The van der Waals surface area contributed by atoms with Gasteiger partial charge in [-0.1, -0.05) is 38.3 Å². The summed E-state index contributed by atoms with van der Waals surface area (Å²) in [7, 11) is 0. The summed E-state index contributed by atoms with van der Waals surface area (Å²) >= 11 is 5.89. The van der Waals surface area contributed by atoms with Gasteiger partial charge < -0.3 is 16.2 Å². The zero-order valence-corrected chi connectivity index (χ0v) is 11.2. The van der Waals surface area contributed by atoms with E-state index in [1.54, 1.807) is 18.2 Å². The van der Waals surface area contributed by atoms with Crippen LogP contribution in [-0.2, 0) is 0 Å². The lowest BCUT2D eigenvalue weighted by Crippen LogP contribution is -2.27. The average Bonchev–Trinajstić information content (AvgIpc) is 2.32. The number of aliphatic hydroxyl groups excluding tert-OH is 1. The largest absolute Gasteiger partial charge is 0.397 e. The van der Waals surface area contributed by atoms with Gasteiger partial charge in [-0.2, -0.15) is 0 Å². The van der Waals surface area contributed by atoms with E-state index in [1.807, 2.05) is 0 Å². The molecule has 0 saturated carbocycles. The van der Waals surface area contributed by atoms with Crippen LogP contribution in [0.15, 0.2) is 18.2 Å². The highest BCUT2D eigenvalue weighted by Gasteiger charge is 2.15. The molecular weight excluding hydrogens is 236 g/mol. The Hall–Kier alpha value is -0.930. The smallest absolute Gasteiger partial charge is 0.0740 e. The SMILES string of the molecule is CCC(CC)C(O)CNc1cc(Cl)ccc1N. The molecule has 1 unspecified atom stereocenters. The molecule has 0 saturated heterocycles. The predicted molar refractivity (Wildman–Crippen MR) is 74.4 cm³/mol. The zero-order chi connectivity index (χ0) is 12.8. The second kappa shape index (κ2) is 6.72. The van der Waals surface area contributed by atoms with Crippen molar-refractivity contribution in [1.82, 2.24) is 0 Å². The fourth-order valence-electron chi connectivity index (χ4n) is 1.90. The van der Waals surface area contributed by atoms with E-state index in [-0.39, 0.29) is 6.10 Å². The predicted octanol–water partition coefficient (Wildman–Crippen LogP) is 3.13. The number of halogens is 1. The first-order chi connectivity index (χ1) is 8.08. The number of nitrogens with two attached hydrogens (primary N) is 1. The van der Waals surface area contributed by atoms with Crippen LogP contribution in [-0.4, -0.2) is 17.8 Å². The third-order valence-electron chi connectivity index (χ3n) is 3.11. The van der Waals surface area contributed by atoms with Gasteiger partial charge in [0.1, 0.15) is 0 Å². The van der Waals surface area contributed by atoms with Gasteiger partial charge in [0.15, 0.2) is 0 Å². The van der Waals surface area contributed by atoms with Gasteiger partial charge in [-0.25, -0.2) is 0 Å². The first kappa shape index (κ1) is 14.1. The molecule has 1 aromatic carbocycles. The van der Waals surface area contributed by atoms with Crippen molar-refractivity contribution in [2.45, 2.75) is 32.8 Å². The Kier molecular flexibility index (Phi) is 5.59. The van der Waals surface area contributed by atoms with Crippen molar-refractivity contribution in [3.63, 3.8) is 0 Å². The number of anilines is 2. The van der Waals surface area contributed by atoms with Gasteiger partial charge >= 0.3 is 0 Å². The lowest BCUT2D eigenvalue weighted by molar-refractivity contribution is 0.114. The van der Waals surface area contributed by atoms with E-state index in [4.69, 9.17) is 17.3 Å². The fourth-order valence-corrected chi connectivity index (χ4v) is 2.07. The Morgan fingerprint density at radius 3 is 2.59 bits per heavy atom. The van der Waals surface area contributed by atoms with Crippen LogP contribution in [0.4, 0.5) is 11.4 Å². The van der Waals surface area contributed by atoms with Gasteiger partial charge in [0.25, 0.3) is 0 Å². The third-order valence-corrected chi connectivity index (χ3v) is 3.34. The molecule has 17 heavy (non-hydrogen) atoms. The van der Waals surface area contributed by atoms with Crippen molar-refractivity contribution in [2.24, 2.45) is 5.92 Å². The molecule has 0 fully saturated rings. The number of nitrogen functional groups attached to an aromatic ring is 1. The van der Waals surface area contributed by atoms with Crippen LogP contribution in [0.3, 0.4) is 0 Å². The Morgan fingerprint density at radius 2 is 2.00 bits per heavy atom. The average molecular weight is 257 g/mol. The minimum atomic E-state index is -0.358. The molecule has 0 amide bonds. The Balaban J connectivity index is 2.57. The molecule has 0 radical (unpaired) electrons.